The Hall–Kier alpha value is -0.780. The van der Waals surface area contributed by atoms with E-state index in [0.29, 0.717) is 6.54 Å². The van der Waals surface area contributed by atoms with Gasteiger partial charge in [-0.25, -0.2) is 4.79 Å². The molecule has 0 N–H and O–H groups in total. The SMILES string of the molecule is CC1CCN1OC(=O)C(F)(F)F. The summed E-state index contributed by atoms with van der Waals surface area (Å²) in [6.07, 6.45) is -4.14. The van der Waals surface area contributed by atoms with Crippen LogP contribution in [0.1, 0.15) is 13.3 Å². The molecule has 0 aliphatic carbocycles. The van der Waals surface area contributed by atoms with Gasteiger partial charge in [0.25, 0.3) is 0 Å². The van der Waals surface area contributed by atoms with Gasteiger partial charge in [0.05, 0.1) is 0 Å². The Kier molecular flexibility index (Phi) is 2.27. The Morgan fingerprint density at radius 2 is 2.17 bits per heavy atom. The Morgan fingerprint density at radius 1 is 1.58 bits per heavy atom. The first-order chi connectivity index (χ1) is 5.41. The summed E-state index contributed by atoms with van der Waals surface area (Å²) in [7, 11) is 0. The van der Waals surface area contributed by atoms with Crippen LogP contribution in [0.5, 0.6) is 0 Å². The molecule has 1 saturated heterocycles. The van der Waals surface area contributed by atoms with E-state index in [1.54, 1.807) is 6.92 Å². The number of nitrogens with zero attached hydrogens (tertiary/aromatic N) is 1. The highest BCUT2D eigenvalue weighted by molar-refractivity contribution is 5.75. The zero-order valence-corrected chi connectivity index (χ0v) is 6.39. The molecule has 0 aromatic rings. The van der Waals surface area contributed by atoms with Crippen molar-refractivity contribution >= 4 is 5.97 Å². The number of hydrogen-bond acceptors (Lipinski definition) is 3. The minimum atomic E-state index is -4.89. The van der Waals surface area contributed by atoms with Gasteiger partial charge in [0.2, 0.25) is 0 Å². The van der Waals surface area contributed by atoms with Crippen molar-refractivity contribution in [3.8, 4) is 0 Å². The number of hydroxylamine groups is 2. The summed E-state index contributed by atoms with van der Waals surface area (Å²) in [5.74, 6) is -2.14. The normalized spacial score (nSPS) is 24.8. The van der Waals surface area contributed by atoms with Crippen LogP contribution in [0.25, 0.3) is 0 Å². The van der Waals surface area contributed by atoms with Gasteiger partial charge < -0.3 is 4.84 Å². The van der Waals surface area contributed by atoms with E-state index in [-0.39, 0.29) is 6.04 Å². The van der Waals surface area contributed by atoms with Crippen LogP contribution >= 0.6 is 0 Å². The Bertz CT molecular complexity index is 192. The zero-order valence-electron chi connectivity index (χ0n) is 6.39. The number of hydrogen-bond donors (Lipinski definition) is 0. The molecule has 12 heavy (non-hydrogen) atoms. The summed E-state index contributed by atoms with van der Waals surface area (Å²) < 4.78 is 34.8. The van der Waals surface area contributed by atoms with E-state index >= 15 is 0 Å². The molecule has 0 radical (unpaired) electrons. The van der Waals surface area contributed by atoms with Gasteiger partial charge in [-0.05, 0) is 13.3 Å². The topological polar surface area (TPSA) is 29.5 Å². The smallest absolute Gasteiger partial charge is 0.361 e. The van der Waals surface area contributed by atoms with Gasteiger partial charge in [-0.15, -0.1) is 5.06 Å². The second-order valence-corrected chi connectivity index (χ2v) is 2.65. The molecule has 1 heterocycles. The molecule has 6 heteroatoms. The molecule has 0 spiro atoms. The van der Waals surface area contributed by atoms with Crippen LogP contribution in [0, 0.1) is 0 Å². The predicted octanol–water partition coefficient (Wildman–Crippen LogP) is 1.10. The molecule has 1 rings (SSSR count). The van der Waals surface area contributed by atoms with Gasteiger partial charge in [-0.3, -0.25) is 0 Å². The van der Waals surface area contributed by atoms with Gasteiger partial charge in [-0.2, -0.15) is 13.2 Å². The summed E-state index contributed by atoms with van der Waals surface area (Å²) in [5, 5.41) is 1.02. The monoisotopic (exact) mass is 183 g/mol. The quantitative estimate of drug-likeness (QED) is 0.609. The molecule has 1 unspecified atom stereocenters. The first kappa shape index (κ1) is 9.31. The molecule has 0 aromatic heterocycles. The van der Waals surface area contributed by atoms with Gasteiger partial charge in [0.1, 0.15) is 0 Å². The Balaban J connectivity index is 2.36. The fourth-order valence-corrected chi connectivity index (χ4v) is 0.787. The lowest BCUT2D eigenvalue weighted by Crippen LogP contribution is -2.48. The highest BCUT2D eigenvalue weighted by atomic mass is 19.4. The van der Waals surface area contributed by atoms with Crippen LogP contribution in [0.2, 0.25) is 0 Å². The molecule has 0 aromatic carbocycles. The second-order valence-electron chi connectivity index (χ2n) is 2.65. The minimum Gasteiger partial charge on any atom is -0.361 e. The molecular formula is C6H8F3NO2. The van der Waals surface area contributed by atoms with Crippen molar-refractivity contribution in [1.29, 1.82) is 0 Å². The number of carbonyl (C=O) groups is 1. The van der Waals surface area contributed by atoms with Crippen LogP contribution in [0.3, 0.4) is 0 Å². The lowest BCUT2D eigenvalue weighted by molar-refractivity contribution is -0.261. The second kappa shape index (κ2) is 2.93. The largest absolute Gasteiger partial charge is 0.492 e. The number of carbonyl (C=O) groups excluding carboxylic acids is 1. The molecule has 1 atom stereocenters. The predicted molar refractivity (Wildman–Crippen MR) is 32.9 cm³/mol. The Labute approximate surface area is 67.0 Å². The third kappa shape index (κ3) is 1.88. The van der Waals surface area contributed by atoms with Gasteiger partial charge >= 0.3 is 12.1 Å². The van der Waals surface area contributed by atoms with Crippen molar-refractivity contribution in [2.75, 3.05) is 6.54 Å². The minimum absolute atomic E-state index is 0.101. The van der Waals surface area contributed by atoms with E-state index in [1.165, 1.54) is 0 Å². The van der Waals surface area contributed by atoms with Crippen molar-refractivity contribution < 1.29 is 22.8 Å². The van der Waals surface area contributed by atoms with Crippen molar-refractivity contribution in [3.63, 3.8) is 0 Å². The lowest BCUT2D eigenvalue weighted by atomic mass is 10.1. The molecule has 0 saturated carbocycles. The molecule has 1 aliphatic rings. The van der Waals surface area contributed by atoms with Crippen LogP contribution in [0.4, 0.5) is 13.2 Å². The maximum Gasteiger partial charge on any atom is 0.492 e. The van der Waals surface area contributed by atoms with Gasteiger partial charge in [0.15, 0.2) is 0 Å². The van der Waals surface area contributed by atoms with Crippen LogP contribution in [0.15, 0.2) is 0 Å². The van der Waals surface area contributed by atoms with Crippen molar-refractivity contribution in [3.05, 3.63) is 0 Å². The standard InChI is InChI=1S/C6H8F3NO2/c1-4-2-3-10(4)12-5(11)6(7,8)9/h4H,2-3H2,1H3. The molecule has 70 valence electrons. The summed E-state index contributed by atoms with van der Waals surface area (Å²) in [4.78, 5) is 14.3. The molecule has 1 fully saturated rings. The third-order valence-electron chi connectivity index (χ3n) is 1.69. The third-order valence-corrected chi connectivity index (χ3v) is 1.69. The number of halogens is 3. The fraction of sp³-hybridized carbons (Fsp3) is 0.833. The maximum atomic E-state index is 11.6. The molecule has 0 bridgehead atoms. The summed E-state index contributed by atoms with van der Waals surface area (Å²) in [5.41, 5.74) is 0. The van der Waals surface area contributed by atoms with Crippen LogP contribution < -0.4 is 0 Å². The lowest BCUT2D eigenvalue weighted by Gasteiger charge is -2.35. The molecule has 3 nitrogen and oxygen atoms in total. The van der Waals surface area contributed by atoms with E-state index in [4.69, 9.17) is 0 Å². The van der Waals surface area contributed by atoms with E-state index < -0.39 is 12.1 Å². The highest BCUT2D eigenvalue weighted by Gasteiger charge is 2.44. The van der Waals surface area contributed by atoms with Crippen LogP contribution in [-0.4, -0.2) is 29.8 Å². The summed E-state index contributed by atoms with van der Waals surface area (Å²) in [6, 6.07) is -0.101. The first-order valence-corrected chi connectivity index (χ1v) is 3.47. The number of alkyl halides is 3. The van der Waals surface area contributed by atoms with E-state index in [9.17, 15) is 18.0 Å². The average Bonchev–Trinajstić information content (AvgIpc) is 1.95. The summed E-state index contributed by atoms with van der Waals surface area (Å²) >= 11 is 0. The van der Waals surface area contributed by atoms with Gasteiger partial charge in [-0.1, -0.05) is 0 Å². The molecule has 0 amide bonds. The highest BCUT2D eigenvalue weighted by Crippen LogP contribution is 2.22. The fourth-order valence-electron chi connectivity index (χ4n) is 0.787. The van der Waals surface area contributed by atoms with Crippen molar-refractivity contribution in [1.82, 2.24) is 5.06 Å². The zero-order chi connectivity index (χ0) is 9.35. The van der Waals surface area contributed by atoms with E-state index in [0.717, 1.165) is 11.5 Å². The first-order valence-electron chi connectivity index (χ1n) is 3.47. The average molecular weight is 183 g/mol. The van der Waals surface area contributed by atoms with E-state index in [2.05, 4.69) is 4.84 Å². The van der Waals surface area contributed by atoms with E-state index in [1.807, 2.05) is 0 Å². The Morgan fingerprint density at radius 3 is 2.42 bits per heavy atom. The van der Waals surface area contributed by atoms with Crippen molar-refractivity contribution in [2.24, 2.45) is 0 Å². The van der Waals surface area contributed by atoms with Gasteiger partial charge in [0, 0.05) is 12.6 Å². The van der Waals surface area contributed by atoms with Crippen LogP contribution in [-0.2, 0) is 9.63 Å². The molecular weight excluding hydrogens is 175 g/mol. The molecule has 1 aliphatic heterocycles. The summed E-state index contributed by atoms with van der Waals surface area (Å²) in [6.45, 7) is 2.07. The van der Waals surface area contributed by atoms with Crippen molar-refractivity contribution in [2.45, 2.75) is 25.6 Å². The number of rotatable bonds is 1. The maximum absolute atomic E-state index is 11.6.